The van der Waals surface area contributed by atoms with Crippen LogP contribution in [-0.4, -0.2) is 0 Å². The molecule has 0 atom stereocenters. The Morgan fingerprint density at radius 1 is 0.346 bits per heavy atom. The summed E-state index contributed by atoms with van der Waals surface area (Å²) in [7, 11) is 0. The SMILES string of the molecule is CC1(C)c2ccccc2-c2ccc(N(c3ccc(-c4cccc5ccccc45)cc3)c3ccccc3-c3cc4ccccc4c4ccccc34)cc21. The quantitative estimate of drug-likeness (QED) is 0.166. The average molecular weight is 664 g/mol. The van der Waals surface area contributed by atoms with Gasteiger partial charge in [0.05, 0.1) is 5.69 Å². The lowest BCUT2D eigenvalue weighted by Crippen LogP contribution is -2.16. The van der Waals surface area contributed by atoms with Gasteiger partial charge in [0.1, 0.15) is 0 Å². The van der Waals surface area contributed by atoms with Gasteiger partial charge in [0, 0.05) is 22.4 Å². The Kier molecular flexibility index (Phi) is 6.91. The highest BCUT2D eigenvalue weighted by atomic mass is 15.1. The number of hydrogen-bond donors (Lipinski definition) is 0. The fraction of sp³-hybridized carbons (Fsp3) is 0.0588. The molecule has 0 unspecified atom stereocenters. The van der Waals surface area contributed by atoms with Crippen molar-refractivity contribution in [3.8, 4) is 33.4 Å². The van der Waals surface area contributed by atoms with E-state index in [9.17, 15) is 0 Å². The van der Waals surface area contributed by atoms with Crippen LogP contribution in [0.1, 0.15) is 25.0 Å². The van der Waals surface area contributed by atoms with Crippen LogP contribution in [0.4, 0.5) is 17.1 Å². The number of nitrogens with zero attached hydrogens (tertiary/aromatic N) is 1. The fourth-order valence-electron chi connectivity index (χ4n) is 8.70. The van der Waals surface area contributed by atoms with Gasteiger partial charge in [0.15, 0.2) is 0 Å². The highest BCUT2D eigenvalue weighted by Crippen LogP contribution is 2.51. The van der Waals surface area contributed by atoms with E-state index in [4.69, 9.17) is 0 Å². The van der Waals surface area contributed by atoms with E-state index in [0.29, 0.717) is 0 Å². The zero-order chi connectivity index (χ0) is 34.8. The summed E-state index contributed by atoms with van der Waals surface area (Å²) < 4.78 is 0. The molecule has 0 fully saturated rings. The zero-order valence-electron chi connectivity index (χ0n) is 29.3. The van der Waals surface area contributed by atoms with Crippen molar-refractivity contribution in [3.05, 3.63) is 199 Å². The zero-order valence-corrected chi connectivity index (χ0v) is 29.3. The van der Waals surface area contributed by atoms with Gasteiger partial charge in [0.2, 0.25) is 0 Å². The number of para-hydroxylation sites is 1. The molecule has 9 aromatic carbocycles. The maximum Gasteiger partial charge on any atom is 0.0540 e. The molecular formula is C51H37N. The molecule has 0 spiro atoms. The number of hydrogen-bond acceptors (Lipinski definition) is 1. The van der Waals surface area contributed by atoms with E-state index in [1.807, 2.05) is 0 Å². The smallest absolute Gasteiger partial charge is 0.0540 e. The molecule has 1 aliphatic rings. The van der Waals surface area contributed by atoms with E-state index in [1.165, 1.54) is 76.8 Å². The van der Waals surface area contributed by atoms with Crippen molar-refractivity contribution in [1.29, 1.82) is 0 Å². The van der Waals surface area contributed by atoms with Crippen molar-refractivity contribution in [2.24, 2.45) is 0 Å². The largest absolute Gasteiger partial charge is 0.310 e. The van der Waals surface area contributed by atoms with Gasteiger partial charge in [-0.3, -0.25) is 0 Å². The molecule has 0 amide bonds. The van der Waals surface area contributed by atoms with Crippen LogP contribution in [0.5, 0.6) is 0 Å². The fourth-order valence-corrected chi connectivity index (χ4v) is 8.70. The minimum Gasteiger partial charge on any atom is -0.310 e. The second-order valence-electron chi connectivity index (χ2n) is 14.5. The predicted octanol–water partition coefficient (Wildman–Crippen LogP) is 14.3. The topological polar surface area (TPSA) is 3.24 Å². The molecular weight excluding hydrogens is 627 g/mol. The van der Waals surface area contributed by atoms with Gasteiger partial charge in [-0.1, -0.05) is 166 Å². The summed E-state index contributed by atoms with van der Waals surface area (Å²) in [6.45, 7) is 4.72. The van der Waals surface area contributed by atoms with E-state index >= 15 is 0 Å². The summed E-state index contributed by atoms with van der Waals surface area (Å²) in [5.74, 6) is 0. The molecule has 0 aliphatic heterocycles. The van der Waals surface area contributed by atoms with Crippen LogP contribution in [0.2, 0.25) is 0 Å². The van der Waals surface area contributed by atoms with Crippen LogP contribution in [0.15, 0.2) is 188 Å². The van der Waals surface area contributed by atoms with Crippen LogP contribution in [0.3, 0.4) is 0 Å². The molecule has 0 N–H and O–H groups in total. The summed E-state index contributed by atoms with van der Waals surface area (Å²) >= 11 is 0. The number of anilines is 3. The summed E-state index contributed by atoms with van der Waals surface area (Å²) in [6.07, 6.45) is 0. The highest BCUT2D eigenvalue weighted by molar-refractivity contribution is 6.15. The van der Waals surface area contributed by atoms with E-state index in [0.717, 1.165) is 17.1 Å². The molecule has 0 bridgehead atoms. The Bertz CT molecular complexity index is 2820. The Labute approximate surface area is 305 Å². The lowest BCUT2D eigenvalue weighted by Gasteiger charge is -2.30. The maximum atomic E-state index is 2.46. The van der Waals surface area contributed by atoms with Gasteiger partial charge in [-0.2, -0.15) is 0 Å². The first-order valence-electron chi connectivity index (χ1n) is 18.2. The Morgan fingerprint density at radius 3 is 1.75 bits per heavy atom. The molecule has 0 aromatic heterocycles. The van der Waals surface area contributed by atoms with Crippen molar-refractivity contribution >= 4 is 49.4 Å². The first kappa shape index (κ1) is 30.4. The van der Waals surface area contributed by atoms with Gasteiger partial charge in [-0.25, -0.2) is 0 Å². The third-order valence-electron chi connectivity index (χ3n) is 11.3. The van der Waals surface area contributed by atoms with Crippen molar-refractivity contribution in [1.82, 2.24) is 0 Å². The minimum absolute atomic E-state index is 0.111. The van der Waals surface area contributed by atoms with Crippen molar-refractivity contribution < 1.29 is 0 Å². The standard InChI is InChI=1S/C51H37N/c1-51(2)48-24-11-9-21-44(48)45-31-30-38(33-49(45)51)52(37-28-26-35(27-29-37)40-23-13-16-34-14-3-5-17-39(34)40)50-25-12-10-22-46(50)47-32-36-15-4-6-18-41(36)42-19-7-8-20-43(42)47/h3-33H,1-2H3. The molecule has 9 aromatic rings. The third kappa shape index (κ3) is 4.70. The first-order valence-corrected chi connectivity index (χ1v) is 18.2. The van der Waals surface area contributed by atoms with E-state index in [1.54, 1.807) is 0 Å². The van der Waals surface area contributed by atoms with Crippen LogP contribution in [-0.2, 0) is 5.41 Å². The van der Waals surface area contributed by atoms with Crippen LogP contribution in [0.25, 0.3) is 65.7 Å². The van der Waals surface area contributed by atoms with E-state index in [2.05, 4.69) is 207 Å². The van der Waals surface area contributed by atoms with E-state index in [-0.39, 0.29) is 5.41 Å². The van der Waals surface area contributed by atoms with Gasteiger partial charge in [0.25, 0.3) is 0 Å². The van der Waals surface area contributed by atoms with Crippen molar-refractivity contribution in [3.63, 3.8) is 0 Å². The van der Waals surface area contributed by atoms with Crippen LogP contribution in [0, 0.1) is 0 Å². The summed E-state index contributed by atoms with van der Waals surface area (Å²) in [5.41, 5.74) is 13.6. The van der Waals surface area contributed by atoms with Crippen molar-refractivity contribution in [2.45, 2.75) is 19.3 Å². The molecule has 0 saturated carbocycles. The minimum atomic E-state index is -0.111. The lowest BCUT2D eigenvalue weighted by molar-refractivity contribution is 0.660. The maximum absolute atomic E-state index is 2.46. The Morgan fingerprint density at radius 2 is 0.923 bits per heavy atom. The van der Waals surface area contributed by atoms with Crippen LogP contribution < -0.4 is 4.90 Å². The molecule has 10 rings (SSSR count). The van der Waals surface area contributed by atoms with E-state index < -0.39 is 0 Å². The molecule has 0 radical (unpaired) electrons. The van der Waals surface area contributed by atoms with Gasteiger partial charge >= 0.3 is 0 Å². The number of rotatable bonds is 5. The first-order chi connectivity index (χ1) is 25.6. The van der Waals surface area contributed by atoms with Gasteiger partial charge < -0.3 is 4.90 Å². The average Bonchev–Trinajstić information content (AvgIpc) is 3.43. The summed E-state index contributed by atoms with van der Waals surface area (Å²) in [5, 5.41) is 7.57. The van der Waals surface area contributed by atoms with Gasteiger partial charge in [-0.15, -0.1) is 0 Å². The molecule has 0 saturated heterocycles. The highest BCUT2D eigenvalue weighted by Gasteiger charge is 2.36. The molecule has 1 heteroatoms. The summed E-state index contributed by atoms with van der Waals surface area (Å²) in [4.78, 5) is 2.46. The summed E-state index contributed by atoms with van der Waals surface area (Å²) in [6, 6.07) is 69.2. The van der Waals surface area contributed by atoms with Gasteiger partial charge in [-0.05, 0) is 108 Å². The number of fused-ring (bicyclic) bond motifs is 7. The monoisotopic (exact) mass is 663 g/mol. The molecule has 52 heavy (non-hydrogen) atoms. The second-order valence-corrected chi connectivity index (χ2v) is 14.5. The molecule has 246 valence electrons. The third-order valence-corrected chi connectivity index (χ3v) is 11.3. The van der Waals surface area contributed by atoms with Crippen LogP contribution >= 0.6 is 0 Å². The number of benzene rings is 9. The molecule has 1 nitrogen and oxygen atoms in total. The predicted molar refractivity (Wildman–Crippen MR) is 222 cm³/mol. The molecule has 0 heterocycles. The lowest BCUT2D eigenvalue weighted by atomic mass is 9.82. The Hall–Kier alpha value is -6.44. The second kappa shape index (κ2) is 11.8. The Balaban J connectivity index is 1.20. The van der Waals surface area contributed by atoms with Crippen molar-refractivity contribution in [2.75, 3.05) is 4.90 Å². The normalized spacial score (nSPS) is 13.0. The molecule has 1 aliphatic carbocycles.